The van der Waals surface area contributed by atoms with Crippen molar-refractivity contribution in [1.82, 2.24) is 0 Å². The van der Waals surface area contributed by atoms with Crippen LogP contribution in [-0.2, 0) is 4.74 Å². The van der Waals surface area contributed by atoms with Gasteiger partial charge in [0.1, 0.15) is 5.82 Å². The highest BCUT2D eigenvalue weighted by atomic mass is 19.1. The van der Waals surface area contributed by atoms with E-state index in [1.165, 1.54) is 12.7 Å². The summed E-state index contributed by atoms with van der Waals surface area (Å²) in [6.07, 6.45) is 15.0. The summed E-state index contributed by atoms with van der Waals surface area (Å²) in [5, 5.41) is 0. The first-order valence-corrected chi connectivity index (χ1v) is 11.0. The van der Waals surface area contributed by atoms with E-state index in [4.69, 9.17) is 11.2 Å². The Bertz CT molecular complexity index is 1270. The molecule has 2 aromatic carbocycles. The Balaban J connectivity index is 2.02. The van der Waals surface area contributed by atoms with Crippen molar-refractivity contribution in [3.05, 3.63) is 99.6 Å². The van der Waals surface area contributed by atoms with Crippen molar-refractivity contribution in [2.24, 2.45) is 0 Å². The molecule has 0 aromatic heterocycles. The van der Waals surface area contributed by atoms with Crippen LogP contribution in [0.1, 0.15) is 60.4 Å². The van der Waals surface area contributed by atoms with Crippen LogP contribution in [0.5, 0.6) is 0 Å². The van der Waals surface area contributed by atoms with Crippen LogP contribution in [0.3, 0.4) is 0 Å². The molecular formula is C31H27FO. The third-order valence-corrected chi connectivity index (χ3v) is 5.39. The minimum absolute atomic E-state index is 0.301. The molecule has 0 spiro atoms. The lowest BCUT2D eigenvalue weighted by atomic mass is 9.89. The molecule has 0 bridgehead atoms. The van der Waals surface area contributed by atoms with Crippen molar-refractivity contribution in [2.75, 3.05) is 7.11 Å². The fourth-order valence-electron chi connectivity index (χ4n) is 3.52. The van der Waals surface area contributed by atoms with Gasteiger partial charge in [0, 0.05) is 16.7 Å². The molecule has 0 unspecified atom stereocenters. The first-order chi connectivity index (χ1) is 16.0. The molecule has 0 N–H and O–H groups in total. The number of benzene rings is 2. The van der Waals surface area contributed by atoms with E-state index in [9.17, 15) is 0 Å². The zero-order chi connectivity index (χ0) is 23.6. The van der Waals surface area contributed by atoms with Gasteiger partial charge in [0.15, 0.2) is 5.76 Å². The number of hydrogen-bond donors (Lipinski definition) is 0. The summed E-state index contributed by atoms with van der Waals surface area (Å²) in [5.74, 6) is 14.9. The normalized spacial score (nSPS) is 13.6. The monoisotopic (exact) mass is 434 g/mol. The predicted octanol–water partition coefficient (Wildman–Crippen LogP) is 6.95. The Kier molecular flexibility index (Phi) is 8.36. The van der Waals surface area contributed by atoms with Gasteiger partial charge in [-0.25, -0.2) is 4.39 Å². The van der Waals surface area contributed by atoms with E-state index < -0.39 is 0 Å². The van der Waals surface area contributed by atoms with E-state index in [2.05, 4.69) is 35.7 Å². The van der Waals surface area contributed by atoms with Crippen LogP contribution < -0.4 is 0 Å². The molecule has 0 saturated carbocycles. The number of hydrogen-bond acceptors (Lipinski definition) is 1. The number of allylic oxidation sites excluding steroid dienone is 6. The fraction of sp³-hybridized carbons (Fsp3) is 0.226. The minimum Gasteiger partial charge on any atom is -0.489 e. The molecule has 33 heavy (non-hydrogen) atoms. The Labute approximate surface area is 197 Å². The van der Waals surface area contributed by atoms with Crippen molar-refractivity contribution >= 4 is 5.57 Å². The maximum Gasteiger partial charge on any atom is 0.169 e. The highest BCUT2D eigenvalue weighted by molar-refractivity contribution is 5.74. The molecule has 3 rings (SSSR count). The number of rotatable bonds is 3. The smallest absolute Gasteiger partial charge is 0.169 e. The Hall–Kier alpha value is -3.93. The highest BCUT2D eigenvalue weighted by Gasteiger charge is 2.17. The van der Waals surface area contributed by atoms with Crippen LogP contribution in [0.15, 0.2) is 66.0 Å². The van der Waals surface area contributed by atoms with Gasteiger partial charge in [-0.15, -0.1) is 6.42 Å². The number of ether oxygens (including phenoxy) is 1. The van der Waals surface area contributed by atoms with Crippen molar-refractivity contribution in [1.29, 1.82) is 0 Å². The topological polar surface area (TPSA) is 9.23 Å². The molecule has 0 saturated heterocycles. The van der Waals surface area contributed by atoms with Crippen LogP contribution in [0.4, 0.5) is 4.39 Å². The third kappa shape index (κ3) is 6.53. The molecule has 0 aliphatic heterocycles. The molecule has 0 atom stereocenters. The Morgan fingerprint density at radius 1 is 1.00 bits per heavy atom. The molecule has 0 radical (unpaired) electrons. The lowest BCUT2D eigenvalue weighted by molar-refractivity contribution is 0.311. The highest BCUT2D eigenvalue weighted by Crippen LogP contribution is 2.32. The van der Waals surface area contributed by atoms with Gasteiger partial charge in [-0.2, -0.15) is 0 Å². The molecule has 164 valence electrons. The summed E-state index contributed by atoms with van der Waals surface area (Å²) in [7, 11) is 1.52. The van der Waals surface area contributed by atoms with Gasteiger partial charge >= 0.3 is 0 Å². The van der Waals surface area contributed by atoms with Crippen molar-refractivity contribution in [2.45, 2.75) is 39.5 Å². The van der Waals surface area contributed by atoms with Crippen molar-refractivity contribution in [3.63, 3.8) is 0 Å². The van der Waals surface area contributed by atoms with Gasteiger partial charge in [-0.1, -0.05) is 47.5 Å². The molecule has 2 aromatic rings. The lowest BCUT2D eigenvalue weighted by Crippen LogP contribution is -2.01. The zero-order valence-corrected chi connectivity index (χ0v) is 19.4. The SMILES string of the molecule is C#CC(=CC=C(C)C#Cc1ccc(C#Cc2ccc(C)cc2)c(F)c1C1=CCCCC1)OC. The maximum absolute atomic E-state index is 15.7. The van der Waals surface area contributed by atoms with Gasteiger partial charge < -0.3 is 4.74 Å². The Morgan fingerprint density at radius 3 is 2.42 bits per heavy atom. The average Bonchev–Trinajstić information content (AvgIpc) is 2.84. The van der Waals surface area contributed by atoms with E-state index in [1.807, 2.05) is 44.2 Å². The van der Waals surface area contributed by atoms with Gasteiger partial charge in [-0.3, -0.25) is 0 Å². The standard InChI is InChI=1S/C31H27FO/c1-5-29(33-4)22-14-24(3)13-18-27-20-21-28(19-17-25-15-11-23(2)12-16-25)31(32)30(27)26-9-7-6-8-10-26/h1,9,11-12,14-16,20-22H,6-8,10H2,2-4H3. The van der Waals surface area contributed by atoms with Crippen LogP contribution in [0, 0.1) is 48.8 Å². The van der Waals surface area contributed by atoms with E-state index in [1.54, 1.807) is 18.2 Å². The van der Waals surface area contributed by atoms with Gasteiger partial charge in [-0.05, 0) is 93.0 Å². The molecule has 1 aliphatic rings. The molecule has 0 amide bonds. The van der Waals surface area contributed by atoms with Gasteiger partial charge in [0.2, 0.25) is 0 Å². The maximum atomic E-state index is 15.7. The summed E-state index contributed by atoms with van der Waals surface area (Å²) in [6.45, 7) is 3.91. The van der Waals surface area contributed by atoms with E-state index in [0.29, 0.717) is 22.4 Å². The van der Waals surface area contributed by atoms with E-state index >= 15 is 4.39 Å². The molecule has 0 heterocycles. The van der Waals surface area contributed by atoms with Gasteiger partial charge in [0.05, 0.1) is 12.7 Å². The van der Waals surface area contributed by atoms with E-state index in [0.717, 1.165) is 42.4 Å². The summed E-state index contributed by atoms with van der Waals surface area (Å²) in [4.78, 5) is 0. The van der Waals surface area contributed by atoms with E-state index in [-0.39, 0.29) is 5.82 Å². The molecular weight excluding hydrogens is 407 g/mol. The molecule has 2 heteroatoms. The third-order valence-electron chi connectivity index (χ3n) is 5.39. The first kappa shape index (κ1) is 23.7. The number of aryl methyl sites for hydroxylation is 1. The number of terminal acetylenes is 1. The molecule has 0 fully saturated rings. The quantitative estimate of drug-likeness (QED) is 0.288. The second-order valence-electron chi connectivity index (χ2n) is 7.92. The summed E-state index contributed by atoms with van der Waals surface area (Å²) in [6, 6.07) is 11.5. The fourth-order valence-corrected chi connectivity index (χ4v) is 3.52. The van der Waals surface area contributed by atoms with Crippen LogP contribution in [0.25, 0.3) is 5.57 Å². The Morgan fingerprint density at radius 2 is 1.76 bits per heavy atom. The van der Waals surface area contributed by atoms with Crippen LogP contribution >= 0.6 is 0 Å². The minimum atomic E-state index is -0.301. The zero-order valence-electron chi connectivity index (χ0n) is 19.4. The summed E-state index contributed by atoms with van der Waals surface area (Å²) < 4.78 is 20.7. The second-order valence-corrected chi connectivity index (χ2v) is 7.92. The predicted molar refractivity (Wildman–Crippen MR) is 135 cm³/mol. The number of methoxy groups -OCH3 is 1. The molecule has 1 aliphatic carbocycles. The second kappa shape index (κ2) is 11.6. The van der Waals surface area contributed by atoms with Crippen molar-refractivity contribution < 1.29 is 9.13 Å². The first-order valence-electron chi connectivity index (χ1n) is 11.0. The summed E-state index contributed by atoms with van der Waals surface area (Å²) >= 11 is 0. The largest absolute Gasteiger partial charge is 0.489 e. The number of halogens is 1. The van der Waals surface area contributed by atoms with Crippen molar-refractivity contribution in [3.8, 4) is 36.0 Å². The van der Waals surface area contributed by atoms with Crippen LogP contribution in [0.2, 0.25) is 0 Å². The summed E-state index contributed by atoms with van der Waals surface area (Å²) in [5.41, 5.74) is 5.46. The molecule has 1 nitrogen and oxygen atoms in total. The van der Waals surface area contributed by atoms with Gasteiger partial charge in [0.25, 0.3) is 0 Å². The average molecular weight is 435 g/mol. The lowest BCUT2D eigenvalue weighted by Gasteiger charge is -2.16. The van der Waals surface area contributed by atoms with Crippen LogP contribution in [-0.4, -0.2) is 7.11 Å².